The van der Waals surface area contributed by atoms with Gasteiger partial charge in [-0.3, -0.25) is 0 Å². The van der Waals surface area contributed by atoms with Gasteiger partial charge in [-0.25, -0.2) is 0 Å². The Kier molecular flexibility index (Phi) is 4.62. The number of ether oxygens (including phenoxy) is 1. The largest absolute Gasteiger partial charge is 0.457 e. The summed E-state index contributed by atoms with van der Waals surface area (Å²) in [5.41, 5.74) is 1.63. The van der Waals surface area contributed by atoms with Crippen LogP contribution in [0.4, 0.5) is 0 Å². The molecule has 0 aliphatic heterocycles. The number of nitrogens with one attached hydrogen (secondary N) is 1. The molecule has 0 radical (unpaired) electrons. The smallest absolute Gasteiger partial charge is 0.128 e. The summed E-state index contributed by atoms with van der Waals surface area (Å²) in [6.07, 6.45) is 0. The highest BCUT2D eigenvalue weighted by molar-refractivity contribution is 6.31. The Morgan fingerprint density at radius 1 is 1.15 bits per heavy atom. The van der Waals surface area contributed by atoms with E-state index in [1.165, 1.54) is 0 Å². The van der Waals surface area contributed by atoms with E-state index in [9.17, 15) is 0 Å². The van der Waals surface area contributed by atoms with Crippen molar-refractivity contribution in [3.63, 3.8) is 0 Å². The molecule has 0 aliphatic carbocycles. The minimum Gasteiger partial charge on any atom is -0.457 e. The molecule has 0 aliphatic rings. The van der Waals surface area contributed by atoms with Gasteiger partial charge in [0.15, 0.2) is 0 Å². The van der Waals surface area contributed by atoms with Crippen molar-refractivity contribution in [1.29, 1.82) is 5.26 Å². The summed E-state index contributed by atoms with van der Waals surface area (Å²) in [4.78, 5) is 0. The Hall–Kier alpha value is -2.02. The number of halogens is 1. The molecule has 0 aromatic heterocycles. The van der Waals surface area contributed by atoms with Crippen molar-refractivity contribution in [3.8, 4) is 17.6 Å². The van der Waals surface area contributed by atoms with Crippen LogP contribution in [0.2, 0.25) is 5.02 Å². The standard InChI is InChI=1S/C16H15ClN2O/c1-11(19-2)15-8-7-14(9-16(15)17)20-13-5-3-12(10-18)4-6-13/h3-9,11,19H,1-2H3. The first-order valence-corrected chi connectivity index (χ1v) is 6.66. The summed E-state index contributed by atoms with van der Waals surface area (Å²) in [5, 5.41) is 12.6. The molecule has 102 valence electrons. The Labute approximate surface area is 123 Å². The topological polar surface area (TPSA) is 45.0 Å². The fourth-order valence-electron chi connectivity index (χ4n) is 1.81. The van der Waals surface area contributed by atoms with Gasteiger partial charge in [0.1, 0.15) is 11.5 Å². The van der Waals surface area contributed by atoms with E-state index >= 15 is 0 Å². The maximum absolute atomic E-state index is 8.75. The van der Waals surface area contributed by atoms with Gasteiger partial charge in [-0.1, -0.05) is 17.7 Å². The molecule has 1 atom stereocenters. The number of nitriles is 1. The Morgan fingerprint density at radius 3 is 2.35 bits per heavy atom. The average Bonchev–Trinajstić information content (AvgIpc) is 2.47. The van der Waals surface area contributed by atoms with Crippen molar-refractivity contribution in [2.24, 2.45) is 0 Å². The van der Waals surface area contributed by atoms with Crippen molar-refractivity contribution < 1.29 is 4.74 Å². The van der Waals surface area contributed by atoms with Gasteiger partial charge in [0.2, 0.25) is 0 Å². The Bertz CT molecular complexity index is 632. The van der Waals surface area contributed by atoms with Crippen LogP contribution in [0.5, 0.6) is 11.5 Å². The van der Waals surface area contributed by atoms with Crippen LogP contribution in [-0.4, -0.2) is 7.05 Å². The van der Waals surface area contributed by atoms with Crippen LogP contribution in [-0.2, 0) is 0 Å². The highest BCUT2D eigenvalue weighted by Gasteiger charge is 2.09. The lowest BCUT2D eigenvalue weighted by molar-refractivity contribution is 0.482. The molecule has 1 N–H and O–H groups in total. The van der Waals surface area contributed by atoms with Crippen molar-refractivity contribution in [1.82, 2.24) is 5.32 Å². The molecule has 0 amide bonds. The first-order chi connectivity index (χ1) is 9.63. The van der Waals surface area contributed by atoms with E-state index < -0.39 is 0 Å². The predicted molar refractivity (Wildman–Crippen MR) is 80.2 cm³/mol. The monoisotopic (exact) mass is 286 g/mol. The summed E-state index contributed by atoms with van der Waals surface area (Å²) in [7, 11) is 1.89. The molecule has 0 saturated carbocycles. The third-order valence-electron chi connectivity index (χ3n) is 3.09. The molecule has 0 bridgehead atoms. The van der Waals surface area contributed by atoms with E-state index in [1.54, 1.807) is 30.3 Å². The molecule has 2 aromatic carbocycles. The van der Waals surface area contributed by atoms with Crippen LogP contribution in [0.3, 0.4) is 0 Å². The molecule has 0 spiro atoms. The maximum Gasteiger partial charge on any atom is 0.128 e. The van der Waals surface area contributed by atoms with Crippen LogP contribution in [0, 0.1) is 11.3 Å². The minimum absolute atomic E-state index is 0.187. The highest BCUT2D eigenvalue weighted by atomic mass is 35.5. The predicted octanol–water partition coefficient (Wildman–Crippen LogP) is 4.28. The van der Waals surface area contributed by atoms with E-state index in [2.05, 4.69) is 11.4 Å². The number of hydrogen-bond donors (Lipinski definition) is 1. The van der Waals surface area contributed by atoms with E-state index in [4.69, 9.17) is 21.6 Å². The second-order valence-electron chi connectivity index (χ2n) is 4.43. The molecule has 2 aromatic rings. The Morgan fingerprint density at radius 2 is 1.80 bits per heavy atom. The summed E-state index contributed by atoms with van der Waals surface area (Å²) in [6.45, 7) is 2.04. The van der Waals surface area contributed by atoms with E-state index in [0.29, 0.717) is 22.1 Å². The molecular weight excluding hydrogens is 272 g/mol. The highest BCUT2D eigenvalue weighted by Crippen LogP contribution is 2.29. The fourth-order valence-corrected chi connectivity index (χ4v) is 2.15. The molecule has 4 heteroatoms. The molecule has 0 fully saturated rings. The zero-order valence-corrected chi connectivity index (χ0v) is 12.1. The number of nitrogens with zero attached hydrogens (tertiary/aromatic N) is 1. The SMILES string of the molecule is CNC(C)c1ccc(Oc2ccc(C#N)cc2)cc1Cl. The lowest BCUT2D eigenvalue weighted by atomic mass is 10.1. The third-order valence-corrected chi connectivity index (χ3v) is 3.42. The zero-order valence-electron chi connectivity index (χ0n) is 11.4. The van der Waals surface area contributed by atoms with Crippen molar-refractivity contribution in [2.75, 3.05) is 7.05 Å². The Balaban J connectivity index is 2.17. The quantitative estimate of drug-likeness (QED) is 0.912. The zero-order chi connectivity index (χ0) is 14.5. The van der Waals surface area contributed by atoms with E-state index in [-0.39, 0.29) is 6.04 Å². The van der Waals surface area contributed by atoms with Gasteiger partial charge >= 0.3 is 0 Å². The summed E-state index contributed by atoms with van der Waals surface area (Å²) in [5.74, 6) is 1.35. The van der Waals surface area contributed by atoms with Gasteiger partial charge < -0.3 is 10.1 Å². The molecule has 3 nitrogen and oxygen atoms in total. The van der Waals surface area contributed by atoms with E-state index in [0.717, 1.165) is 5.56 Å². The average molecular weight is 287 g/mol. The van der Waals surface area contributed by atoms with Crippen molar-refractivity contribution in [2.45, 2.75) is 13.0 Å². The van der Waals surface area contributed by atoms with Crippen LogP contribution in [0.25, 0.3) is 0 Å². The summed E-state index contributed by atoms with van der Waals surface area (Å²) >= 11 is 6.25. The molecule has 0 saturated heterocycles. The van der Waals surface area contributed by atoms with E-state index in [1.807, 2.05) is 26.1 Å². The third kappa shape index (κ3) is 3.30. The fraction of sp³-hybridized carbons (Fsp3) is 0.188. The van der Waals surface area contributed by atoms with Gasteiger partial charge in [0.05, 0.1) is 11.6 Å². The molecule has 20 heavy (non-hydrogen) atoms. The lowest BCUT2D eigenvalue weighted by Crippen LogP contribution is -2.12. The number of benzene rings is 2. The van der Waals surface area contributed by atoms with Crippen molar-refractivity contribution in [3.05, 3.63) is 58.6 Å². The summed E-state index contributed by atoms with van der Waals surface area (Å²) in [6, 6.07) is 14.8. The van der Waals surface area contributed by atoms with Crippen LogP contribution in [0.1, 0.15) is 24.1 Å². The first kappa shape index (κ1) is 14.4. The second-order valence-corrected chi connectivity index (χ2v) is 4.84. The molecule has 2 rings (SSSR count). The first-order valence-electron chi connectivity index (χ1n) is 6.28. The van der Waals surface area contributed by atoms with Gasteiger partial charge in [-0.05, 0) is 55.9 Å². The number of rotatable bonds is 4. The van der Waals surface area contributed by atoms with Crippen LogP contribution >= 0.6 is 11.6 Å². The summed E-state index contributed by atoms with van der Waals surface area (Å²) < 4.78 is 5.71. The van der Waals surface area contributed by atoms with Crippen LogP contribution in [0.15, 0.2) is 42.5 Å². The maximum atomic E-state index is 8.75. The van der Waals surface area contributed by atoms with Gasteiger partial charge in [0, 0.05) is 11.1 Å². The lowest BCUT2D eigenvalue weighted by Gasteiger charge is -2.14. The number of hydrogen-bond acceptors (Lipinski definition) is 3. The van der Waals surface area contributed by atoms with Gasteiger partial charge in [-0.15, -0.1) is 0 Å². The van der Waals surface area contributed by atoms with Gasteiger partial charge in [0.25, 0.3) is 0 Å². The van der Waals surface area contributed by atoms with Crippen LogP contribution < -0.4 is 10.1 Å². The molecular formula is C16H15ClN2O. The second kappa shape index (κ2) is 6.42. The molecule has 1 unspecified atom stereocenters. The minimum atomic E-state index is 0.187. The normalized spacial score (nSPS) is 11.7. The van der Waals surface area contributed by atoms with Gasteiger partial charge in [-0.2, -0.15) is 5.26 Å². The molecule has 0 heterocycles. The van der Waals surface area contributed by atoms with Crippen molar-refractivity contribution >= 4 is 11.6 Å².